The summed E-state index contributed by atoms with van der Waals surface area (Å²) < 4.78 is 38.5. The van der Waals surface area contributed by atoms with Crippen molar-refractivity contribution in [3.63, 3.8) is 0 Å². The van der Waals surface area contributed by atoms with Crippen LogP contribution in [0.5, 0.6) is 0 Å². The summed E-state index contributed by atoms with van der Waals surface area (Å²) in [6, 6.07) is 8.73. The highest BCUT2D eigenvalue weighted by atomic mass is 32.1. The van der Waals surface area contributed by atoms with Crippen LogP contribution < -0.4 is 5.32 Å². The molecular weight excluding hydrogens is 391 g/mol. The van der Waals surface area contributed by atoms with Gasteiger partial charge in [-0.05, 0) is 23.8 Å². The van der Waals surface area contributed by atoms with Crippen molar-refractivity contribution in [3.05, 3.63) is 52.4 Å². The zero-order chi connectivity index (χ0) is 20.3. The molecule has 150 valence electrons. The number of hydrogen-bond acceptors (Lipinski definition) is 4. The van der Waals surface area contributed by atoms with E-state index in [0.717, 1.165) is 6.07 Å². The molecule has 2 aromatic rings. The van der Waals surface area contributed by atoms with Gasteiger partial charge in [0, 0.05) is 39.6 Å². The zero-order valence-electron chi connectivity index (χ0n) is 15.3. The van der Waals surface area contributed by atoms with Crippen LogP contribution in [0.1, 0.15) is 27.7 Å². The first-order valence-corrected chi connectivity index (χ1v) is 9.59. The Balaban J connectivity index is 1.55. The van der Waals surface area contributed by atoms with Crippen LogP contribution in [-0.4, -0.2) is 47.8 Å². The molecule has 1 aromatic heterocycles. The summed E-state index contributed by atoms with van der Waals surface area (Å²) in [5.41, 5.74) is -0.0423. The molecule has 0 radical (unpaired) electrons. The number of thiophene rings is 1. The number of alkyl halides is 3. The molecule has 0 aliphatic carbocycles. The molecule has 2 heterocycles. The Bertz CT molecular complexity index is 858. The van der Waals surface area contributed by atoms with Crippen LogP contribution in [0.2, 0.25) is 0 Å². The number of anilines is 1. The van der Waals surface area contributed by atoms with Gasteiger partial charge >= 0.3 is 6.18 Å². The van der Waals surface area contributed by atoms with E-state index < -0.39 is 11.7 Å². The number of rotatable bonds is 4. The van der Waals surface area contributed by atoms with Crippen LogP contribution in [0.15, 0.2) is 36.4 Å². The van der Waals surface area contributed by atoms with Gasteiger partial charge in [0.1, 0.15) is 0 Å². The minimum atomic E-state index is -4.35. The van der Waals surface area contributed by atoms with E-state index in [1.54, 1.807) is 23.1 Å². The number of nitrogens with one attached hydrogen (secondary N) is 1. The summed E-state index contributed by atoms with van der Waals surface area (Å²) in [6.07, 6.45) is -4.35. The maximum absolute atomic E-state index is 12.8. The third-order valence-corrected chi connectivity index (χ3v) is 5.42. The molecule has 0 atom stereocenters. The molecule has 1 aliphatic heterocycles. The second kappa shape index (κ2) is 8.32. The molecular formula is C19H20F3N3O2S. The number of benzene rings is 1. The third kappa shape index (κ3) is 5.11. The predicted octanol–water partition coefficient (Wildman–Crippen LogP) is 3.68. The fraction of sp³-hybridized carbons (Fsp3) is 0.368. The van der Waals surface area contributed by atoms with E-state index in [1.807, 2.05) is 4.90 Å². The van der Waals surface area contributed by atoms with Crippen LogP contribution in [0.3, 0.4) is 0 Å². The molecule has 0 saturated carbocycles. The Morgan fingerprint density at radius 2 is 1.82 bits per heavy atom. The molecule has 28 heavy (non-hydrogen) atoms. The minimum Gasteiger partial charge on any atom is -0.335 e. The first-order chi connectivity index (χ1) is 13.2. The molecule has 5 nitrogen and oxygen atoms in total. The lowest BCUT2D eigenvalue weighted by Gasteiger charge is -2.34. The van der Waals surface area contributed by atoms with Gasteiger partial charge in [0.25, 0.3) is 5.91 Å². The summed E-state index contributed by atoms with van der Waals surface area (Å²) >= 11 is 1.23. The maximum Gasteiger partial charge on any atom is 0.416 e. The van der Waals surface area contributed by atoms with Gasteiger partial charge in [0.2, 0.25) is 5.91 Å². The molecule has 1 fully saturated rings. The molecule has 0 unspecified atom stereocenters. The fourth-order valence-electron chi connectivity index (χ4n) is 3.06. The monoisotopic (exact) mass is 411 g/mol. The van der Waals surface area contributed by atoms with Crippen molar-refractivity contribution in [2.45, 2.75) is 19.6 Å². The first-order valence-electron chi connectivity index (χ1n) is 8.77. The van der Waals surface area contributed by atoms with Crippen molar-refractivity contribution in [2.75, 3.05) is 31.5 Å². The SMILES string of the molecule is CC(=O)Nc1ccc(C(=O)N2CCN(Cc3cccc(C(F)(F)F)c3)CC2)s1. The van der Waals surface area contributed by atoms with E-state index in [9.17, 15) is 22.8 Å². The Morgan fingerprint density at radius 3 is 2.46 bits per heavy atom. The van der Waals surface area contributed by atoms with E-state index in [4.69, 9.17) is 0 Å². The van der Waals surface area contributed by atoms with Gasteiger partial charge < -0.3 is 10.2 Å². The minimum absolute atomic E-state index is 0.0969. The Morgan fingerprint density at radius 1 is 1.11 bits per heavy atom. The van der Waals surface area contributed by atoms with E-state index >= 15 is 0 Å². The molecule has 1 aliphatic rings. The van der Waals surface area contributed by atoms with Crippen molar-refractivity contribution in [3.8, 4) is 0 Å². The summed E-state index contributed by atoms with van der Waals surface area (Å²) in [6.45, 7) is 4.01. The Labute approximate surface area is 164 Å². The van der Waals surface area contributed by atoms with Gasteiger partial charge in [-0.25, -0.2) is 0 Å². The van der Waals surface area contributed by atoms with Crippen molar-refractivity contribution in [1.82, 2.24) is 9.80 Å². The fourth-order valence-corrected chi connectivity index (χ4v) is 3.98. The van der Waals surface area contributed by atoms with Crippen molar-refractivity contribution >= 4 is 28.2 Å². The van der Waals surface area contributed by atoms with E-state index in [0.29, 0.717) is 48.2 Å². The largest absolute Gasteiger partial charge is 0.416 e. The Kier molecular flexibility index (Phi) is 6.04. The lowest BCUT2D eigenvalue weighted by molar-refractivity contribution is -0.137. The lowest BCUT2D eigenvalue weighted by Crippen LogP contribution is -2.48. The van der Waals surface area contributed by atoms with Crippen LogP contribution in [0.4, 0.5) is 18.2 Å². The molecule has 1 N–H and O–H groups in total. The van der Waals surface area contributed by atoms with Crippen LogP contribution in [0.25, 0.3) is 0 Å². The summed E-state index contributed by atoms with van der Waals surface area (Å²) in [7, 11) is 0. The number of hydrogen-bond donors (Lipinski definition) is 1. The maximum atomic E-state index is 12.8. The smallest absolute Gasteiger partial charge is 0.335 e. The molecule has 0 spiro atoms. The zero-order valence-corrected chi connectivity index (χ0v) is 16.1. The van der Waals surface area contributed by atoms with E-state index in [2.05, 4.69) is 5.32 Å². The number of amides is 2. The highest BCUT2D eigenvalue weighted by molar-refractivity contribution is 7.18. The van der Waals surface area contributed by atoms with Crippen molar-refractivity contribution in [1.29, 1.82) is 0 Å². The molecule has 2 amide bonds. The first kappa shape index (κ1) is 20.3. The average Bonchev–Trinajstić information content (AvgIpc) is 3.09. The van der Waals surface area contributed by atoms with Crippen molar-refractivity contribution in [2.24, 2.45) is 0 Å². The predicted molar refractivity (Wildman–Crippen MR) is 101 cm³/mol. The normalized spacial score (nSPS) is 15.5. The summed E-state index contributed by atoms with van der Waals surface area (Å²) in [5.74, 6) is -0.288. The summed E-state index contributed by atoms with van der Waals surface area (Å²) in [4.78, 5) is 28.0. The van der Waals surface area contributed by atoms with E-state index in [1.165, 1.54) is 30.4 Å². The number of halogens is 3. The quantitative estimate of drug-likeness (QED) is 0.835. The van der Waals surface area contributed by atoms with Gasteiger partial charge in [0.15, 0.2) is 0 Å². The van der Waals surface area contributed by atoms with Crippen LogP contribution >= 0.6 is 11.3 Å². The van der Waals surface area contributed by atoms with E-state index in [-0.39, 0.29) is 11.8 Å². The highest BCUT2D eigenvalue weighted by Gasteiger charge is 2.30. The number of nitrogens with zero attached hydrogens (tertiary/aromatic N) is 2. The Hall–Kier alpha value is -2.39. The van der Waals surface area contributed by atoms with Gasteiger partial charge in [-0.15, -0.1) is 11.3 Å². The standard InChI is InChI=1S/C19H20F3N3O2S/c1-13(26)23-17-6-5-16(28-17)18(27)25-9-7-24(8-10-25)12-14-3-2-4-15(11-14)19(20,21)22/h2-6,11H,7-10,12H2,1H3,(H,23,26). The molecule has 1 aromatic carbocycles. The molecule has 3 rings (SSSR count). The van der Waals surface area contributed by atoms with Crippen LogP contribution in [-0.2, 0) is 17.5 Å². The number of carbonyl (C=O) groups is 2. The van der Waals surface area contributed by atoms with Gasteiger partial charge in [0.05, 0.1) is 15.4 Å². The average molecular weight is 411 g/mol. The van der Waals surface area contributed by atoms with Crippen LogP contribution in [0, 0.1) is 0 Å². The van der Waals surface area contributed by atoms with Gasteiger partial charge in [-0.1, -0.05) is 18.2 Å². The number of carbonyl (C=O) groups excluding carboxylic acids is 2. The van der Waals surface area contributed by atoms with Gasteiger partial charge in [-0.3, -0.25) is 14.5 Å². The second-order valence-corrected chi connectivity index (χ2v) is 7.70. The van der Waals surface area contributed by atoms with Gasteiger partial charge in [-0.2, -0.15) is 13.2 Å². The second-order valence-electron chi connectivity index (χ2n) is 6.61. The highest BCUT2D eigenvalue weighted by Crippen LogP contribution is 2.30. The molecule has 0 bridgehead atoms. The summed E-state index contributed by atoms with van der Waals surface area (Å²) in [5, 5.41) is 3.28. The molecule has 1 saturated heterocycles. The van der Waals surface area contributed by atoms with Crippen molar-refractivity contribution < 1.29 is 22.8 Å². The number of piperazine rings is 1. The topological polar surface area (TPSA) is 52.7 Å². The molecule has 9 heteroatoms. The third-order valence-electron chi connectivity index (χ3n) is 4.44. The lowest BCUT2D eigenvalue weighted by atomic mass is 10.1.